The van der Waals surface area contributed by atoms with Crippen LogP contribution in [0.1, 0.15) is 10.4 Å². The fourth-order valence-corrected chi connectivity index (χ4v) is 1.85. The zero-order valence-corrected chi connectivity index (χ0v) is 11.9. The first-order valence-corrected chi connectivity index (χ1v) is 6.66. The molecule has 1 amide bonds. The van der Waals surface area contributed by atoms with Gasteiger partial charge in [-0.3, -0.25) is 4.79 Å². The van der Waals surface area contributed by atoms with Gasteiger partial charge in [-0.2, -0.15) is 0 Å². The van der Waals surface area contributed by atoms with Crippen LogP contribution in [-0.2, 0) is 0 Å². The standard InChI is InChI=1S/C15H14ClFN2O2/c16-13-3-1-2-12(14(13)17)15(20)19-8-9-21-11-6-4-10(18)5-7-11/h1-7H,8-9,18H2,(H,19,20). The summed E-state index contributed by atoms with van der Waals surface area (Å²) in [6.45, 7) is 0.507. The van der Waals surface area contributed by atoms with Gasteiger partial charge in [0.25, 0.3) is 5.91 Å². The van der Waals surface area contributed by atoms with Gasteiger partial charge in [0.05, 0.1) is 17.1 Å². The van der Waals surface area contributed by atoms with E-state index in [-0.39, 0.29) is 23.7 Å². The molecule has 6 heteroatoms. The molecule has 0 aromatic heterocycles. The number of hydrogen-bond acceptors (Lipinski definition) is 3. The number of anilines is 1. The number of carbonyl (C=O) groups excluding carboxylic acids is 1. The Morgan fingerprint density at radius 3 is 2.67 bits per heavy atom. The fourth-order valence-electron chi connectivity index (χ4n) is 1.67. The third kappa shape index (κ3) is 4.10. The van der Waals surface area contributed by atoms with Gasteiger partial charge in [0.1, 0.15) is 12.4 Å². The third-order valence-corrected chi connectivity index (χ3v) is 3.02. The lowest BCUT2D eigenvalue weighted by Crippen LogP contribution is -2.28. The number of nitrogen functional groups attached to an aromatic ring is 1. The van der Waals surface area contributed by atoms with Crippen LogP contribution < -0.4 is 15.8 Å². The summed E-state index contributed by atoms with van der Waals surface area (Å²) in [5, 5.41) is 2.48. The van der Waals surface area contributed by atoms with E-state index < -0.39 is 11.7 Å². The fraction of sp³-hybridized carbons (Fsp3) is 0.133. The van der Waals surface area contributed by atoms with Crippen LogP contribution in [0.4, 0.5) is 10.1 Å². The number of nitrogens with two attached hydrogens (primary N) is 1. The smallest absolute Gasteiger partial charge is 0.254 e. The molecule has 3 N–H and O–H groups in total. The van der Waals surface area contributed by atoms with E-state index >= 15 is 0 Å². The normalized spacial score (nSPS) is 10.2. The van der Waals surface area contributed by atoms with E-state index in [1.54, 1.807) is 24.3 Å². The van der Waals surface area contributed by atoms with Crippen LogP contribution in [0.2, 0.25) is 5.02 Å². The summed E-state index contributed by atoms with van der Waals surface area (Å²) in [6.07, 6.45) is 0. The maximum Gasteiger partial charge on any atom is 0.254 e. The molecule has 0 aliphatic heterocycles. The molecule has 0 fully saturated rings. The highest BCUT2D eigenvalue weighted by Gasteiger charge is 2.13. The zero-order chi connectivity index (χ0) is 15.2. The number of halogens is 2. The third-order valence-electron chi connectivity index (χ3n) is 2.73. The highest BCUT2D eigenvalue weighted by atomic mass is 35.5. The van der Waals surface area contributed by atoms with E-state index in [1.807, 2.05) is 0 Å². The summed E-state index contributed by atoms with van der Waals surface area (Å²) in [7, 11) is 0. The summed E-state index contributed by atoms with van der Waals surface area (Å²) in [6, 6.07) is 11.2. The Bertz CT molecular complexity index is 632. The van der Waals surface area contributed by atoms with E-state index in [9.17, 15) is 9.18 Å². The van der Waals surface area contributed by atoms with Gasteiger partial charge in [0.15, 0.2) is 5.82 Å². The Morgan fingerprint density at radius 2 is 1.95 bits per heavy atom. The second-order valence-corrected chi connectivity index (χ2v) is 4.68. The second-order valence-electron chi connectivity index (χ2n) is 4.27. The molecule has 0 aliphatic carbocycles. The van der Waals surface area contributed by atoms with E-state index in [0.29, 0.717) is 11.4 Å². The van der Waals surface area contributed by atoms with E-state index in [2.05, 4.69) is 5.32 Å². The lowest BCUT2D eigenvalue weighted by molar-refractivity contribution is 0.0943. The van der Waals surface area contributed by atoms with Gasteiger partial charge in [0, 0.05) is 5.69 Å². The molecular formula is C15H14ClFN2O2. The average Bonchev–Trinajstić information content (AvgIpc) is 2.48. The van der Waals surface area contributed by atoms with Gasteiger partial charge < -0.3 is 15.8 Å². The van der Waals surface area contributed by atoms with Crippen molar-refractivity contribution in [3.8, 4) is 5.75 Å². The average molecular weight is 309 g/mol. The minimum Gasteiger partial charge on any atom is -0.492 e. The first-order valence-electron chi connectivity index (χ1n) is 6.28. The topological polar surface area (TPSA) is 64.3 Å². The van der Waals surface area contributed by atoms with Crippen molar-refractivity contribution in [2.45, 2.75) is 0 Å². The van der Waals surface area contributed by atoms with Crippen molar-refractivity contribution in [2.75, 3.05) is 18.9 Å². The van der Waals surface area contributed by atoms with Crippen LogP contribution in [0, 0.1) is 5.82 Å². The molecule has 0 heterocycles. The van der Waals surface area contributed by atoms with E-state index in [4.69, 9.17) is 22.1 Å². The van der Waals surface area contributed by atoms with Crippen LogP contribution in [0.15, 0.2) is 42.5 Å². The summed E-state index contributed by atoms with van der Waals surface area (Å²) in [5.41, 5.74) is 6.11. The SMILES string of the molecule is Nc1ccc(OCCNC(=O)c2cccc(Cl)c2F)cc1. The largest absolute Gasteiger partial charge is 0.492 e. The van der Waals surface area contributed by atoms with Crippen LogP contribution >= 0.6 is 11.6 Å². The predicted octanol–water partition coefficient (Wildman–Crippen LogP) is 2.87. The van der Waals surface area contributed by atoms with Crippen LogP contribution in [0.3, 0.4) is 0 Å². The maximum atomic E-state index is 13.6. The monoisotopic (exact) mass is 308 g/mol. The summed E-state index contributed by atoms with van der Waals surface area (Å²) < 4.78 is 19.0. The molecule has 2 aromatic carbocycles. The predicted molar refractivity (Wildman–Crippen MR) is 80.1 cm³/mol. The summed E-state index contributed by atoms with van der Waals surface area (Å²) in [4.78, 5) is 11.8. The maximum absolute atomic E-state index is 13.6. The minimum absolute atomic E-state index is 0.0826. The van der Waals surface area contributed by atoms with Gasteiger partial charge in [-0.1, -0.05) is 17.7 Å². The number of ether oxygens (including phenoxy) is 1. The number of rotatable bonds is 5. The Morgan fingerprint density at radius 1 is 1.24 bits per heavy atom. The molecule has 0 spiro atoms. The lowest BCUT2D eigenvalue weighted by Gasteiger charge is -2.09. The van der Waals surface area contributed by atoms with Crippen molar-refractivity contribution >= 4 is 23.2 Å². The molecule has 21 heavy (non-hydrogen) atoms. The van der Waals surface area contributed by atoms with Crippen LogP contribution in [0.5, 0.6) is 5.75 Å². The van der Waals surface area contributed by atoms with Gasteiger partial charge in [0.2, 0.25) is 0 Å². The van der Waals surface area contributed by atoms with Crippen LogP contribution in [0.25, 0.3) is 0 Å². The van der Waals surface area contributed by atoms with E-state index in [0.717, 1.165) is 0 Å². The van der Waals surface area contributed by atoms with Crippen LogP contribution in [-0.4, -0.2) is 19.1 Å². The Hall–Kier alpha value is -2.27. The van der Waals surface area contributed by atoms with Crippen molar-refractivity contribution in [3.05, 3.63) is 58.9 Å². The summed E-state index contributed by atoms with van der Waals surface area (Å²) in [5.74, 6) is -0.612. The first-order chi connectivity index (χ1) is 10.1. The van der Waals surface area contributed by atoms with Crippen molar-refractivity contribution in [2.24, 2.45) is 0 Å². The highest BCUT2D eigenvalue weighted by molar-refractivity contribution is 6.31. The Balaban J connectivity index is 1.82. The molecule has 0 atom stereocenters. The lowest BCUT2D eigenvalue weighted by atomic mass is 10.2. The molecule has 0 bridgehead atoms. The molecule has 4 nitrogen and oxygen atoms in total. The van der Waals surface area contributed by atoms with Gasteiger partial charge in [-0.05, 0) is 36.4 Å². The molecule has 0 aliphatic rings. The number of carbonyl (C=O) groups is 1. The van der Waals surface area contributed by atoms with Crippen molar-refractivity contribution in [3.63, 3.8) is 0 Å². The van der Waals surface area contributed by atoms with Gasteiger partial charge >= 0.3 is 0 Å². The summed E-state index contributed by atoms with van der Waals surface area (Å²) >= 11 is 5.62. The first kappa shape index (κ1) is 15.1. The molecule has 0 saturated carbocycles. The molecule has 0 radical (unpaired) electrons. The minimum atomic E-state index is -0.726. The Kier molecular flexibility index (Phi) is 5.00. The van der Waals surface area contributed by atoms with Crippen molar-refractivity contribution in [1.29, 1.82) is 0 Å². The van der Waals surface area contributed by atoms with Gasteiger partial charge in [-0.25, -0.2) is 4.39 Å². The number of amides is 1. The number of benzene rings is 2. The van der Waals surface area contributed by atoms with Crippen molar-refractivity contribution in [1.82, 2.24) is 5.32 Å². The van der Waals surface area contributed by atoms with Gasteiger partial charge in [-0.15, -0.1) is 0 Å². The quantitative estimate of drug-likeness (QED) is 0.659. The zero-order valence-electron chi connectivity index (χ0n) is 11.1. The second kappa shape index (κ2) is 6.95. The molecule has 0 saturated heterocycles. The molecule has 0 unspecified atom stereocenters. The Labute approximate surface area is 126 Å². The van der Waals surface area contributed by atoms with E-state index in [1.165, 1.54) is 18.2 Å². The van der Waals surface area contributed by atoms with Crippen molar-refractivity contribution < 1.29 is 13.9 Å². The molecule has 110 valence electrons. The molecular weight excluding hydrogens is 295 g/mol. The molecule has 2 aromatic rings. The highest BCUT2D eigenvalue weighted by Crippen LogP contribution is 2.17. The number of nitrogens with one attached hydrogen (secondary N) is 1. The number of hydrogen-bond donors (Lipinski definition) is 2. The molecule has 2 rings (SSSR count).